The van der Waals surface area contributed by atoms with Crippen LogP contribution in [-0.4, -0.2) is 39.8 Å². The van der Waals surface area contributed by atoms with Crippen molar-refractivity contribution in [1.29, 1.82) is 0 Å². The molecule has 0 unspecified atom stereocenters. The van der Waals surface area contributed by atoms with Crippen LogP contribution >= 0.6 is 34.6 Å². The van der Waals surface area contributed by atoms with Gasteiger partial charge in [0.05, 0.1) is 6.61 Å². The molecule has 2 heterocycles. The number of nitrogens with zero attached hydrogens (tertiary/aromatic N) is 4. The van der Waals surface area contributed by atoms with Crippen LogP contribution in [0.5, 0.6) is 0 Å². The molecule has 1 N–H and O–H groups in total. The summed E-state index contributed by atoms with van der Waals surface area (Å²) in [5.74, 6) is 1.48. The lowest BCUT2D eigenvalue weighted by molar-refractivity contribution is 0.211. The molecule has 110 valence electrons. The maximum atomic E-state index is 4.97. The van der Waals surface area contributed by atoms with Crippen molar-refractivity contribution in [2.45, 2.75) is 28.9 Å². The Morgan fingerprint density at radius 3 is 2.90 bits per heavy atom. The summed E-state index contributed by atoms with van der Waals surface area (Å²) in [4.78, 5) is 4.50. The number of rotatable bonds is 8. The lowest BCUT2D eigenvalue weighted by Gasteiger charge is -1.98. The molecule has 0 fully saturated rings. The first-order valence-electron chi connectivity index (χ1n) is 6.24. The molecule has 0 aliphatic rings. The van der Waals surface area contributed by atoms with E-state index in [1.165, 1.54) is 34.6 Å². The Hall–Kier alpha value is -0.770. The molecule has 0 saturated heterocycles. The molecule has 0 aliphatic carbocycles. The van der Waals surface area contributed by atoms with Gasteiger partial charge in [-0.25, -0.2) is 4.98 Å². The zero-order valence-electron chi connectivity index (χ0n) is 11.6. The number of methoxy groups -OCH3 is 1. The van der Waals surface area contributed by atoms with Crippen LogP contribution in [0.2, 0.25) is 0 Å². The quantitative estimate of drug-likeness (QED) is 0.746. The van der Waals surface area contributed by atoms with Crippen molar-refractivity contribution in [2.24, 2.45) is 5.92 Å². The monoisotopic (exact) mass is 331 g/mol. The van der Waals surface area contributed by atoms with E-state index in [1.807, 2.05) is 0 Å². The van der Waals surface area contributed by atoms with Crippen LogP contribution < -0.4 is 5.32 Å². The van der Waals surface area contributed by atoms with Gasteiger partial charge in [0.15, 0.2) is 8.68 Å². The zero-order valence-corrected chi connectivity index (χ0v) is 14.1. The second kappa shape index (κ2) is 7.87. The molecule has 6 nitrogen and oxygen atoms in total. The van der Waals surface area contributed by atoms with E-state index in [0.29, 0.717) is 12.5 Å². The molecule has 2 rings (SSSR count). The van der Waals surface area contributed by atoms with Gasteiger partial charge < -0.3 is 10.1 Å². The lowest BCUT2D eigenvalue weighted by Crippen LogP contribution is -2.06. The normalized spacial score (nSPS) is 11.2. The number of ether oxygens (including phenoxy) is 1. The van der Waals surface area contributed by atoms with Crippen LogP contribution in [0.3, 0.4) is 0 Å². The van der Waals surface area contributed by atoms with E-state index in [9.17, 15) is 0 Å². The Balaban J connectivity index is 1.88. The van der Waals surface area contributed by atoms with Gasteiger partial charge in [-0.3, -0.25) is 0 Å². The van der Waals surface area contributed by atoms with Gasteiger partial charge in [-0.15, -0.1) is 10.2 Å². The van der Waals surface area contributed by atoms with Crippen molar-refractivity contribution in [3.8, 4) is 0 Å². The van der Waals surface area contributed by atoms with Crippen molar-refractivity contribution in [3.05, 3.63) is 5.82 Å². The van der Waals surface area contributed by atoms with Crippen molar-refractivity contribution in [3.63, 3.8) is 0 Å². The first kappa shape index (κ1) is 15.6. The number of nitrogens with one attached hydrogen (secondary N) is 1. The van der Waals surface area contributed by atoms with E-state index in [4.69, 9.17) is 4.74 Å². The molecule has 20 heavy (non-hydrogen) atoms. The Morgan fingerprint density at radius 2 is 2.15 bits per heavy atom. The summed E-state index contributed by atoms with van der Waals surface area (Å²) in [5, 5.41) is 12.2. The molecular weight excluding hydrogens is 314 g/mol. The van der Waals surface area contributed by atoms with E-state index in [0.717, 1.165) is 32.6 Å². The number of anilines is 1. The minimum Gasteiger partial charge on any atom is -0.383 e. The predicted octanol–water partition coefficient (Wildman–Crippen LogP) is 2.80. The number of aromatic nitrogens is 4. The lowest BCUT2D eigenvalue weighted by atomic mass is 10.1. The van der Waals surface area contributed by atoms with E-state index in [-0.39, 0.29) is 0 Å². The number of hydrogen-bond donors (Lipinski definition) is 1. The fourth-order valence-corrected chi connectivity index (χ4v) is 4.01. The van der Waals surface area contributed by atoms with Gasteiger partial charge in [0.25, 0.3) is 0 Å². The van der Waals surface area contributed by atoms with Crippen LogP contribution in [0.25, 0.3) is 0 Å². The van der Waals surface area contributed by atoms with Crippen molar-refractivity contribution >= 4 is 39.8 Å². The first-order chi connectivity index (χ1) is 9.67. The van der Waals surface area contributed by atoms with Gasteiger partial charge in [-0.05, 0) is 29.2 Å². The maximum Gasteiger partial charge on any atom is 0.206 e. The fourth-order valence-electron chi connectivity index (χ4n) is 1.38. The molecule has 0 spiro atoms. The van der Waals surface area contributed by atoms with Crippen molar-refractivity contribution < 1.29 is 4.74 Å². The van der Waals surface area contributed by atoms with E-state index in [2.05, 4.69) is 38.7 Å². The summed E-state index contributed by atoms with van der Waals surface area (Å²) >= 11 is 4.45. The fraction of sp³-hybridized carbons (Fsp3) is 0.636. The van der Waals surface area contributed by atoms with Gasteiger partial charge in [0.2, 0.25) is 5.13 Å². The third-order valence-electron chi connectivity index (χ3n) is 2.20. The second-order valence-corrected chi connectivity index (χ2v) is 7.69. The van der Waals surface area contributed by atoms with E-state index < -0.39 is 0 Å². The SMILES string of the molecule is COCCNc1nnc(Sc2nc(CC(C)C)ns2)s1. The molecule has 2 aromatic heterocycles. The predicted molar refractivity (Wildman–Crippen MR) is 82.8 cm³/mol. The summed E-state index contributed by atoms with van der Waals surface area (Å²) in [6.45, 7) is 5.71. The highest BCUT2D eigenvalue weighted by Crippen LogP contribution is 2.32. The molecule has 2 aromatic rings. The maximum absolute atomic E-state index is 4.97. The Bertz CT molecular complexity index is 528. The topological polar surface area (TPSA) is 72.8 Å². The Morgan fingerprint density at radius 1 is 1.30 bits per heavy atom. The average molecular weight is 331 g/mol. The molecular formula is C11H17N5OS3. The van der Waals surface area contributed by atoms with Gasteiger partial charge >= 0.3 is 0 Å². The molecule has 0 radical (unpaired) electrons. The van der Waals surface area contributed by atoms with Gasteiger partial charge in [-0.1, -0.05) is 25.2 Å². The van der Waals surface area contributed by atoms with Crippen molar-refractivity contribution in [1.82, 2.24) is 19.6 Å². The van der Waals surface area contributed by atoms with Crippen molar-refractivity contribution in [2.75, 3.05) is 25.6 Å². The molecule has 0 aromatic carbocycles. The smallest absolute Gasteiger partial charge is 0.206 e. The van der Waals surface area contributed by atoms with Crippen LogP contribution in [0.15, 0.2) is 8.68 Å². The summed E-state index contributed by atoms with van der Waals surface area (Å²) in [6, 6.07) is 0. The summed E-state index contributed by atoms with van der Waals surface area (Å²) in [6.07, 6.45) is 0.914. The van der Waals surface area contributed by atoms with Crippen LogP contribution in [-0.2, 0) is 11.2 Å². The second-order valence-electron chi connectivity index (χ2n) is 4.47. The standard InChI is InChI=1S/C11H17N5OS3/c1-7(2)6-8-13-10(20-16-8)19-11-15-14-9(18-11)12-4-5-17-3/h7H,4-6H2,1-3H3,(H,12,14). The highest BCUT2D eigenvalue weighted by Gasteiger charge is 2.11. The first-order valence-corrected chi connectivity index (χ1v) is 8.64. The van der Waals surface area contributed by atoms with Gasteiger partial charge in [0, 0.05) is 20.1 Å². The summed E-state index contributed by atoms with van der Waals surface area (Å²) in [5.41, 5.74) is 0. The molecule has 0 atom stereocenters. The molecule has 0 aliphatic heterocycles. The van der Waals surface area contributed by atoms with Crippen LogP contribution in [0.4, 0.5) is 5.13 Å². The summed E-state index contributed by atoms with van der Waals surface area (Å²) < 4.78 is 11.1. The Labute approximate surface area is 130 Å². The molecule has 0 amide bonds. The van der Waals surface area contributed by atoms with E-state index in [1.54, 1.807) is 7.11 Å². The third-order valence-corrected chi connectivity index (χ3v) is 4.92. The molecule has 0 bridgehead atoms. The van der Waals surface area contributed by atoms with Crippen LogP contribution in [0.1, 0.15) is 19.7 Å². The minimum atomic E-state index is 0.570. The Kier molecular flexibility index (Phi) is 6.14. The third kappa shape index (κ3) is 4.97. The van der Waals surface area contributed by atoms with Gasteiger partial charge in [-0.2, -0.15) is 4.37 Å². The number of hydrogen-bond acceptors (Lipinski definition) is 9. The van der Waals surface area contributed by atoms with E-state index >= 15 is 0 Å². The zero-order chi connectivity index (χ0) is 14.4. The molecule has 0 saturated carbocycles. The summed E-state index contributed by atoms with van der Waals surface area (Å²) in [7, 11) is 1.67. The average Bonchev–Trinajstić information content (AvgIpc) is 3.00. The largest absolute Gasteiger partial charge is 0.383 e. The van der Waals surface area contributed by atoms with Crippen LogP contribution in [0, 0.1) is 5.92 Å². The highest BCUT2D eigenvalue weighted by atomic mass is 32.2. The minimum absolute atomic E-state index is 0.570. The van der Waals surface area contributed by atoms with Gasteiger partial charge in [0.1, 0.15) is 5.82 Å². The molecule has 9 heteroatoms. The highest BCUT2D eigenvalue weighted by molar-refractivity contribution is 8.02.